The molecule has 7 heteroatoms. The lowest BCUT2D eigenvalue weighted by Crippen LogP contribution is -2.36. The van der Waals surface area contributed by atoms with Gasteiger partial charge in [-0.2, -0.15) is 0 Å². The van der Waals surface area contributed by atoms with Crippen LogP contribution in [0.2, 0.25) is 0 Å². The number of aryl methyl sites for hydroxylation is 1. The molecule has 1 amide bonds. The summed E-state index contributed by atoms with van der Waals surface area (Å²) < 4.78 is 23.5. The van der Waals surface area contributed by atoms with Crippen LogP contribution >= 0.6 is 0 Å². The van der Waals surface area contributed by atoms with Gasteiger partial charge in [-0.05, 0) is 43.5 Å². The molecule has 2 aromatic rings. The first-order chi connectivity index (χ1) is 12.9. The molecule has 144 valence electrons. The Bertz CT molecular complexity index is 910. The summed E-state index contributed by atoms with van der Waals surface area (Å²) in [6.45, 7) is 4.70. The van der Waals surface area contributed by atoms with E-state index < -0.39 is 9.84 Å². The normalized spacial score (nSPS) is 18.2. The van der Waals surface area contributed by atoms with E-state index >= 15 is 0 Å². The van der Waals surface area contributed by atoms with Crippen LogP contribution in [0.5, 0.6) is 0 Å². The molecule has 0 radical (unpaired) electrons. The van der Waals surface area contributed by atoms with Gasteiger partial charge in [0.1, 0.15) is 5.82 Å². The van der Waals surface area contributed by atoms with E-state index in [0.717, 1.165) is 16.8 Å². The number of hydrogen-bond donors (Lipinski definition) is 1. The first-order valence-electron chi connectivity index (χ1n) is 9.15. The Morgan fingerprint density at radius 3 is 2.63 bits per heavy atom. The smallest absolute Gasteiger partial charge is 0.229 e. The number of carbonyl (C=O) groups is 1. The first-order valence-corrected chi connectivity index (χ1v) is 11.0. The van der Waals surface area contributed by atoms with Gasteiger partial charge in [-0.1, -0.05) is 24.3 Å². The average Bonchev–Trinajstić information content (AvgIpc) is 2.99. The number of sulfone groups is 1. The van der Waals surface area contributed by atoms with Crippen molar-refractivity contribution in [3.63, 3.8) is 0 Å². The van der Waals surface area contributed by atoms with Crippen LogP contribution in [-0.4, -0.2) is 43.4 Å². The zero-order valence-corrected chi connectivity index (χ0v) is 16.5. The highest BCUT2D eigenvalue weighted by Crippen LogP contribution is 2.24. The lowest BCUT2D eigenvalue weighted by molar-refractivity contribution is -0.115. The molecule has 1 aromatic carbocycles. The minimum Gasteiger partial charge on any atom is -0.367 e. The second-order valence-corrected chi connectivity index (χ2v) is 9.12. The monoisotopic (exact) mass is 387 g/mol. The van der Waals surface area contributed by atoms with Gasteiger partial charge in [0.05, 0.1) is 29.8 Å². The van der Waals surface area contributed by atoms with Crippen LogP contribution in [0.15, 0.2) is 42.6 Å². The van der Waals surface area contributed by atoms with Gasteiger partial charge in [0.25, 0.3) is 0 Å². The molecule has 1 aliphatic heterocycles. The standard InChI is InChI=1S/C20H25N3O3S/c1-3-23(18-10-11-27(25,26)14-18)17-8-9-19(21-13-17)22-20(24)12-16-7-5-4-6-15(16)2/h4-9,13,18H,3,10-12,14H2,1-2H3,(H,21,22,24). The van der Waals surface area contributed by atoms with Crippen molar-refractivity contribution in [3.8, 4) is 0 Å². The van der Waals surface area contributed by atoms with Crippen molar-refractivity contribution < 1.29 is 13.2 Å². The molecule has 1 N–H and O–H groups in total. The number of carbonyl (C=O) groups excluding carboxylic acids is 1. The van der Waals surface area contributed by atoms with Crippen LogP contribution in [-0.2, 0) is 21.1 Å². The Hall–Kier alpha value is -2.41. The van der Waals surface area contributed by atoms with Crippen LogP contribution in [0.1, 0.15) is 24.5 Å². The molecule has 0 saturated carbocycles. The number of pyridine rings is 1. The van der Waals surface area contributed by atoms with Crippen molar-refractivity contribution in [3.05, 3.63) is 53.7 Å². The summed E-state index contributed by atoms with van der Waals surface area (Å²) in [6, 6.07) is 11.4. The van der Waals surface area contributed by atoms with E-state index in [1.54, 1.807) is 12.3 Å². The highest BCUT2D eigenvalue weighted by atomic mass is 32.2. The van der Waals surface area contributed by atoms with E-state index in [9.17, 15) is 13.2 Å². The largest absolute Gasteiger partial charge is 0.367 e. The number of aromatic nitrogens is 1. The summed E-state index contributed by atoms with van der Waals surface area (Å²) >= 11 is 0. The summed E-state index contributed by atoms with van der Waals surface area (Å²) in [6.07, 6.45) is 2.64. The van der Waals surface area contributed by atoms with E-state index in [-0.39, 0.29) is 23.5 Å². The second kappa shape index (κ2) is 8.08. The second-order valence-electron chi connectivity index (χ2n) is 6.90. The van der Waals surface area contributed by atoms with E-state index in [0.29, 0.717) is 25.2 Å². The molecule has 27 heavy (non-hydrogen) atoms. The van der Waals surface area contributed by atoms with Crippen molar-refractivity contribution in [2.45, 2.75) is 32.7 Å². The van der Waals surface area contributed by atoms with Crippen molar-refractivity contribution in [1.29, 1.82) is 0 Å². The predicted molar refractivity (Wildman–Crippen MR) is 108 cm³/mol. The minimum atomic E-state index is -2.94. The van der Waals surface area contributed by atoms with Crippen molar-refractivity contribution >= 4 is 27.2 Å². The van der Waals surface area contributed by atoms with Gasteiger partial charge in [0.15, 0.2) is 9.84 Å². The molecule has 3 rings (SSSR count). The summed E-state index contributed by atoms with van der Waals surface area (Å²) in [5.41, 5.74) is 2.95. The van der Waals surface area contributed by atoms with E-state index in [1.165, 1.54) is 0 Å². The Kier molecular flexibility index (Phi) is 5.79. The molecule has 1 saturated heterocycles. The van der Waals surface area contributed by atoms with Gasteiger partial charge >= 0.3 is 0 Å². The zero-order valence-electron chi connectivity index (χ0n) is 15.7. The number of nitrogens with zero attached hydrogens (tertiary/aromatic N) is 2. The summed E-state index contributed by atoms with van der Waals surface area (Å²) in [4.78, 5) is 18.7. The Labute approximate surface area is 160 Å². The predicted octanol–water partition coefficient (Wildman–Crippen LogP) is 2.58. The molecule has 0 bridgehead atoms. The zero-order chi connectivity index (χ0) is 19.4. The fraction of sp³-hybridized carbons (Fsp3) is 0.400. The van der Waals surface area contributed by atoms with E-state index in [1.807, 2.05) is 44.2 Å². The maximum Gasteiger partial charge on any atom is 0.229 e. The highest BCUT2D eigenvalue weighted by molar-refractivity contribution is 7.91. The highest BCUT2D eigenvalue weighted by Gasteiger charge is 2.31. The number of benzene rings is 1. The number of anilines is 2. The molecular weight excluding hydrogens is 362 g/mol. The van der Waals surface area contributed by atoms with Crippen LogP contribution < -0.4 is 10.2 Å². The molecular formula is C20H25N3O3S. The lowest BCUT2D eigenvalue weighted by atomic mass is 10.1. The number of rotatable bonds is 6. The maximum absolute atomic E-state index is 12.3. The lowest BCUT2D eigenvalue weighted by Gasteiger charge is -2.28. The summed E-state index contributed by atoms with van der Waals surface area (Å²) in [5.74, 6) is 0.816. The molecule has 1 fully saturated rings. The van der Waals surface area contributed by atoms with Crippen LogP contribution in [0.25, 0.3) is 0 Å². The van der Waals surface area contributed by atoms with Crippen LogP contribution in [0.4, 0.5) is 11.5 Å². The third-order valence-corrected chi connectivity index (χ3v) is 6.70. The van der Waals surface area contributed by atoms with Crippen LogP contribution in [0.3, 0.4) is 0 Å². The number of amides is 1. The van der Waals surface area contributed by atoms with Gasteiger partial charge in [0, 0.05) is 12.6 Å². The Morgan fingerprint density at radius 1 is 1.26 bits per heavy atom. The van der Waals surface area contributed by atoms with Gasteiger partial charge < -0.3 is 10.2 Å². The molecule has 6 nitrogen and oxygen atoms in total. The maximum atomic E-state index is 12.3. The summed E-state index contributed by atoms with van der Waals surface area (Å²) in [5, 5.41) is 2.82. The van der Waals surface area contributed by atoms with Gasteiger partial charge in [-0.15, -0.1) is 0 Å². The van der Waals surface area contributed by atoms with Crippen molar-refractivity contribution in [1.82, 2.24) is 4.98 Å². The summed E-state index contributed by atoms with van der Waals surface area (Å²) in [7, 11) is -2.94. The molecule has 1 atom stereocenters. The fourth-order valence-electron chi connectivity index (χ4n) is 3.47. The van der Waals surface area contributed by atoms with Crippen molar-refractivity contribution in [2.24, 2.45) is 0 Å². The molecule has 0 spiro atoms. The third-order valence-electron chi connectivity index (χ3n) is 4.95. The Balaban J connectivity index is 1.64. The molecule has 0 aliphatic carbocycles. The molecule has 1 unspecified atom stereocenters. The SMILES string of the molecule is CCN(c1ccc(NC(=O)Cc2ccccc2C)nc1)C1CCS(=O)(=O)C1. The van der Waals surface area contributed by atoms with E-state index in [4.69, 9.17) is 0 Å². The topological polar surface area (TPSA) is 79.4 Å². The number of hydrogen-bond acceptors (Lipinski definition) is 5. The van der Waals surface area contributed by atoms with Gasteiger partial charge in [-0.25, -0.2) is 13.4 Å². The number of nitrogens with one attached hydrogen (secondary N) is 1. The Morgan fingerprint density at radius 2 is 2.04 bits per heavy atom. The van der Waals surface area contributed by atoms with Gasteiger partial charge in [0.2, 0.25) is 5.91 Å². The van der Waals surface area contributed by atoms with Crippen LogP contribution in [0, 0.1) is 6.92 Å². The fourth-order valence-corrected chi connectivity index (χ4v) is 5.20. The molecule has 2 heterocycles. The average molecular weight is 388 g/mol. The minimum absolute atomic E-state index is 0.0108. The third kappa shape index (κ3) is 4.86. The van der Waals surface area contributed by atoms with Crippen molar-refractivity contribution in [2.75, 3.05) is 28.3 Å². The van der Waals surface area contributed by atoms with E-state index in [2.05, 4.69) is 15.2 Å². The molecule has 1 aliphatic rings. The quantitative estimate of drug-likeness (QED) is 0.824. The first kappa shape index (κ1) is 19.4. The van der Waals surface area contributed by atoms with Gasteiger partial charge in [-0.3, -0.25) is 4.79 Å². The molecule has 1 aromatic heterocycles.